The first-order valence-electron chi connectivity index (χ1n) is 24.6. The summed E-state index contributed by atoms with van der Waals surface area (Å²) < 4.78 is 34.7. The first-order chi connectivity index (χ1) is 28.1. The average molecular weight is 842 g/mol. The molecule has 2 unspecified atom stereocenters. The van der Waals surface area contributed by atoms with Crippen LogP contribution < -0.4 is 4.89 Å². The summed E-state index contributed by atoms with van der Waals surface area (Å²) in [5.74, 6) is -0.344. The predicted molar refractivity (Wildman–Crippen MR) is 245 cm³/mol. The molecule has 0 radical (unpaired) electrons. The monoisotopic (exact) mass is 842 g/mol. The van der Waals surface area contributed by atoms with Gasteiger partial charge in [0.05, 0.1) is 34.4 Å². The van der Waals surface area contributed by atoms with Gasteiger partial charge >= 0.3 is 5.97 Å². The Balaban J connectivity index is 4.13. The zero-order chi connectivity index (χ0) is 42.7. The van der Waals surface area contributed by atoms with Gasteiger partial charge in [-0.25, -0.2) is 0 Å². The molecule has 0 rings (SSSR count). The number of phosphoric acid groups is 1. The number of phosphoric ester groups is 1. The Morgan fingerprint density at radius 2 is 0.948 bits per heavy atom. The lowest BCUT2D eigenvalue weighted by molar-refractivity contribution is -0.870. The number of rotatable bonds is 46. The van der Waals surface area contributed by atoms with Crippen LogP contribution in [0.1, 0.15) is 226 Å². The van der Waals surface area contributed by atoms with Crippen molar-refractivity contribution in [3.63, 3.8) is 0 Å². The number of allylic oxidation sites excluding steroid dienone is 4. The molecule has 0 aliphatic rings. The first-order valence-corrected chi connectivity index (χ1v) is 26.0. The second-order valence-electron chi connectivity index (χ2n) is 17.8. The zero-order valence-electron chi connectivity index (χ0n) is 39.0. The molecular weight excluding hydrogens is 746 g/mol. The number of quaternary nitrogens is 1. The fraction of sp³-hybridized carbons (Fsp3) is 0.898. The van der Waals surface area contributed by atoms with Crippen molar-refractivity contribution >= 4 is 13.8 Å². The van der Waals surface area contributed by atoms with Crippen molar-refractivity contribution in [1.82, 2.24) is 0 Å². The number of hydrogen-bond acceptors (Lipinski definition) is 7. The molecule has 0 bridgehead atoms. The molecule has 58 heavy (non-hydrogen) atoms. The van der Waals surface area contributed by atoms with Gasteiger partial charge in [-0.05, 0) is 44.9 Å². The normalized spacial score (nSPS) is 13.8. The minimum absolute atomic E-state index is 0.0253. The molecule has 0 saturated carbocycles. The zero-order valence-corrected chi connectivity index (χ0v) is 39.9. The van der Waals surface area contributed by atoms with Gasteiger partial charge in [0.25, 0.3) is 7.82 Å². The summed E-state index contributed by atoms with van der Waals surface area (Å²) in [5.41, 5.74) is 0. The number of esters is 1. The van der Waals surface area contributed by atoms with Crippen molar-refractivity contribution in [1.29, 1.82) is 0 Å². The van der Waals surface area contributed by atoms with Crippen LogP contribution in [0.3, 0.4) is 0 Å². The maximum Gasteiger partial charge on any atom is 0.306 e. The van der Waals surface area contributed by atoms with Gasteiger partial charge in [-0.3, -0.25) is 9.36 Å². The van der Waals surface area contributed by atoms with Gasteiger partial charge in [-0.1, -0.05) is 199 Å². The topological polar surface area (TPSA) is 94.1 Å². The molecule has 0 aromatic heterocycles. The van der Waals surface area contributed by atoms with Gasteiger partial charge in [-0.15, -0.1) is 0 Å². The Labute approximate surface area is 360 Å². The van der Waals surface area contributed by atoms with E-state index in [0.29, 0.717) is 24.1 Å². The lowest BCUT2D eigenvalue weighted by Crippen LogP contribution is -2.37. The van der Waals surface area contributed by atoms with Crippen molar-refractivity contribution in [2.75, 3.05) is 54.1 Å². The van der Waals surface area contributed by atoms with Crippen LogP contribution in [0, 0.1) is 0 Å². The Morgan fingerprint density at radius 1 is 0.534 bits per heavy atom. The third-order valence-corrected chi connectivity index (χ3v) is 11.7. The highest BCUT2D eigenvalue weighted by Gasteiger charge is 2.20. The molecule has 0 saturated heterocycles. The maximum atomic E-state index is 12.7. The molecule has 0 aromatic rings. The largest absolute Gasteiger partial charge is 0.756 e. The van der Waals surface area contributed by atoms with Crippen molar-refractivity contribution < 1.29 is 37.3 Å². The van der Waals surface area contributed by atoms with Crippen molar-refractivity contribution in [3.05, 3.63) is 24.3 Å². The second-order valence-corrected chi connectivity index (χ2v) is 19.2. The number of nitrogens with zero attached hydrogens (tertiary/aromatic N) is 1. The standard InChI is InChI=1S/C49H96NO7P/c1-6-8-10-12-14-16-18-20-22-23-24-25-26-27-29-31-33-35-37-39-41-44-54-46-48(47-56-58(52,53)55-45-43-50(3,4)5)57-49(51)42-40-38-36-34-32-30-28-21-19-17-15-13-11-9-7-2/h15,17,21,28,48H,6-14,16,18-20,22-27,29-47H2,1-5H3/b17-15-,28-21-. The Kier molecular flexibility index (Phi) is 41.9. The molecular formula is C49H96NO7P. The van der Waals surface area contributed by atoms with Crippen LogP contribution in [0.4, 0.5) is 0 Å². The summed E-state index contributed by atoms with van der Waals surface area (Å²) in [5, 5.41) is 0. The first kappa shape index (κ1) is 57.0. The van der Waals surface area contributed by atoms with E-state index in [1.54, 1.807) is 0 Å². The van der Waals surface area contributed by atoms with Crippen molar-refractivity contribution in [3.8, 4) is 0 Å². The Hall–Kier alpha value is -1.02. The summed E-state index contributed by atoms with van der Waals surface area (Å²) in [7, 11) is 1.36. The second kappa shape index (κ2) is 42.7. The molecule has 0 N–H and O–H groups in total. The summed E-state index contributed by atoms with van der Waals surface area (Å²) in [6.45, 7) is 5.41. The van der Waals surface area contributed by atoms with E-state index in [2.05, 4.69) is 38.2 Å². The minimum Gasteiger partial charge on any atom is -0.756 e. The van der Waals surface area contributed by atoms with Crippen LogP contribution in [0.15, 0.2) is 24.3 Å². The molecule has 0 aromatic carbocycles. The van der Waals surface area contributed by atoms with E-state index in [9.17, 15) is 14.3 Å². The molecule has 0 aliphatic heterocycles. The number of ether oxygens (including phenoxy) is 2. The number of carbonyl (C=O) groups is 1. The highest BCUT2D eigenvalue weighted by Crippen LogP contribution is 2.38. The Bertz CT molecular complexity index is 983. The number of unbranched alkanes of at least 4 members (excludes halogenated alkanes) is 28. The molecule has 8 nitrogen and oxygen atoms in total. The molecule has 0 fully saturated rings. The predicted octanol–water partition coefficient (Wildman–Crippen LogP) is 14.1. The summed E-state index contributed by atoms with van der Waals surface area (Å²) in [6.07, 6.45) is 49.1. The van der Waals surface area contributed by atoms with Crippen molar-refractivity contribution in [2.45, 2.75) is 232 Å². The van der Waals surface area contributed by atoms with Crippen LogP contribution in [-0.2, 0) is 27.9 Å². The van der Waals surface area contributed by atoms with Gasteiger partial charge < -0.3 is 27.9 Å². The van der Waals surface area contributed by atoms with Crippen LogP contribution in [0.25, 0.3) is 0 Å². The van der Waals surface area contributed by atoms with E-state index in [-0.39, 0.29) is 25.8 Å². The van der Waals surface area contributed by atoms with E-state index in [1.165, 1.54) is 148 Å². The van der Waals surface area contributed by atoms with Gasteiger partial charge in [0.15, 0.2) is 0 Å². The SMILES string of the molecule is CCCCC/C=C\C/C=C\CCCCCCCC(=O)OC(COCCCCCCCCCCCCCCCCCCCCCCC)COP(=O)([O-])OCC[N+](C)(C)C. The fourth-order valence-electron chi connectivity index (χ4n) is 6.93. The molecule has 0 amide bonds. The number of likely N-dealkylation sites (N-methyl/N-ethyl adjacent to an activating group) is 1. The highest BCUT2D eigenvalue weighted by molar-refractivity contribution is 7.45. The number of carbonyl (C=O) groups excluding carboxylic acids is 1. The lowest BCUT2D eigenvalue weighted by atomic mass is 10.0. The van der Waals surface area contributed by atoms with Crippen LogP contribution in [-0.4, -0.2) is 70.7 Å². The lowest BCUT2D eigenvalue weighted by Gasteiger charge is -2.28. The molecule has 9 heteroatoms. The molecule has 344 valence electrons. The van der Waals surface area contributed by atoms with Crippen LogP contribution in [0.5, 0.6) is 0 Å². The smallest absolute Gasteiger partial charge is 0.306 e. The van der Waals surface area contributed by atoms with Crippen LogP contribution in [0.2, 0.25) is 0 Å². The average Bonchev–Trinajstić information content (AvgIpc) is 3.18. The number of hydrogen-bond donors (Lipinski definition) is 0. The third-order valence-electron chi connectivity index (χ3n) is 10.8. The quantitative estimate of drug-likeness (QED) is 0.0198. The molecule has 0 heterocycles. The van der Waals surface area contributed by atoms with Crippen LogP contribution >= 0.6 is 7.82 Å². The van der Waals surface area contributed by atoms with Gasteiger partial charge in [0.2, 0.25) is 0 Å². The van der Waals surface area contributed by atoms with Gasteiger partial charge in [-0.2, -0.15) is 0 Å². The van der Waals surface area contributed by atoms with E-state index in [4.69, 9.17) is 18.5 Å². The third kappa shape index (κ3) is 46.1. The van der Waals surface area contributed by atoms with E-state index < -0.39 is 13.9 Å². The van der Waals surface area contributed by atoms with E-state index in [0.717, 1.165) is 57.8 Å². The highest BCUT2D eigenvalue weighted by atomic mass is 31.2. The van der Waals surface area contributed by atoms with Gasteiger partial charge in [0.1, 0.15) is 19.3 Å². The van der Waals surface area contributed by atoms with Crippen molar-refractivity contribution in [2.24, 2.45) is 0 Å². The van der Waals surface area contributed by atoms with E-state index >= 15 is 0 Å². The minimum atomic E-state index is -4.53. The molecule has 0 spiro atoms. The Morgan fingerprint density at radius 3 is 1.43 bits per heavy atom. The summed E-state index contributed by atoms with van der Waals surface area (Å²) >= 11 is 0. The van der Waals surface area contributed by atoms with Gasteiger partial charge in [0, 0.05) is 13.0 Å². The molecule has 2 atom stereocenters. The summed E-state index contributed by atoms with van der Waals surface area (Å²) in [4.78, 5) is 25.1. The maximum absolute atomic E-state index is 12.7. The fourth-order valence-corrected chi connectivity index (χ4v) is 7.66. The molecule has 0 aliphatic carbocycles. The summed E-state index contributed by atoms with van der Waals surface area (Å²) in [6, 6.07) is 0. The van der Waals surface area contributed by atoms with E-state index in [1.807, 2.05) is 21.1 Å².